The second-order valence-electron chi connectivity index (χ2n) is 4.17. The molecule has 5 heteroatoms. The fourth-order valence-electron chi connectivity index (χ4n) is 1.15. The van der Waals surface area contributed by atoms with Crippen LogP contribution >= 0.6 is 0 Å². The molecule has 0 aliphatic carbocycles. The molecule has 1 atom stereocenters. The maximum absolute atomic E-state index is 11.8. The molecule has 0 aliphatic rings. The molecule has 5 N–H and O–H groups in total. The van der Waals surface area contributed by atoms with E-state index in [9.17, 15) is 9.59 Å². The molecule has 0 aliphatic heterocycles. The van der Waals surface area contributed by atoms with Crippen LogP contribution in [0.4, 0.5) is 5.69 Å². The number of nitrogens with one attached hydrogen (secondary N) is 1. The summed E-state index contributed by atoms with van der Waals surface area (Å²) in [6, 6.07) is 6.34. The predicted molar refractivity (Wildman–Crippen MR) is 66.5 cm³/mol. The lowest BCUT2D eigenvalue weighted by atomic mass is 9.99. The molecule has 0 radical (unpaired) electrons. The van der Waals surface area contributed by atoms with Crippen LogP contribution in [0.1, 0.15) is 30.6 Å². The number of carbonyl (C=O) groups excluding carboxylic acids is 2. The molecule has 5 nitrogen and oxygen atoms in total. The molecule has 0 bridgehead atoms. The molecule has 0 saturated carbocycles. The van der Waals surface area contributed by atoms with Gasteiger partial charge in [-0.05, 0) is 37.6 Å². The largest absolute Gasteiger partial charge is 0.366 e. The maximum atomic E-state index is 11.8. The average molecular weight is 235 g/mol. The van der Waals surface area contributed by atoms with E-state index in [-0.39, 0.29) is 5.91 Å². The molecule has 1 unspecified atom stereocenters. The van der Waals surface area contributed by atoms with Gasteiger partial charge in [-0.3, -0.25) is 9.59 Å². The van der Waals surface area contributed by atoms with E-state index in [4.69, 9.17) is 11.5 Å². The Morgan fingerprint density at radius 1 is 1.29 bits per heavy atom. The van der Waals surface area contributed by atoms with Crippen molar-refractivity contribution in [1.29, 1.82) is 0 Å². The van der Waals surface area contributed by atoms with Crippen LogP contribution in [0.25, 0.3) is 0 Å². The van der Waals surface area contributed by atoms with Gasteiger partial charge in [-0.1, -0.05) is 6.92 Å². The number of rotatable bonds is 4. The van der Waals surface area contributed by atoms with Gasteiger partial charge in [0.1, 0.15) is 0 Å². The van der Waals surface area contributed by atoms with Crippen LogP contribution in [-0.2, 0) is 4.79 Å². The Bertz CT molecular complexity index is 424. The first-order chi connectivity index (χ1) is 7.86. The van der Waals surface area contributed by atoms with E-state index in [1.54, 1.807) is 31.2 Å². The van der Waals surface area contributed by atoms with Crippen molar-refractivity contribution in [1.82, 2.24) is 0 Å². The lowest BCUT2D eigenvalue weighted by Crippen LogP contribution is -2.47. The van der Waals surface area contributed by atoms with Crippen molar-refractivity contribution >= 4 is 17.5 Å². The Morgan fingerprint density at radius 3 is 2.24 bits per heavy atom. The quantitative estimate of drug-likeness (QED) is 0.721. The minimum absolute atomic E-state index is 0.258. The number of hydrogen-bond acceptors (Lipinski definition) is 3. The average Bonchev–Trinajstić information content (AvgIpc) is 2.29. The zero-order valence-corrected chi connectivity index (χ0v) is 9.99. The van der Waals surface area contributed by atoms with Crippen LogP contribution in [0.15, 0.2) is 24.3 Å². The van der Waals surface area contributed by atoms with E-state index in [0.717, 1.165) is 0 Å². The summed E-state index contributed by atoms with van der Waals surface area (Å²) >= 11 is 0. The van der Waals surface area contributed by atoms with E-state index in [0.29, 0.717) is 17.7 Å². The van der Waals surface area contributed by atoms with Crippen molar-refractivity contribution in [3.63, 3.8) is 0 Å². The fraction of sp³-hybridized carbons (Fsp3) is 0.333. The molecular formula is C12H17N3O2. The van der Waals surface area contributed by atoms with Crippen molar-refractivity contribution < 1.29 is 9.59 Å². The van der Waals surface area contributed by atoms with Gasteiger partial charge in [-0.15, -0.1) is 0 Å². The Kier molecular flexibility index (Phi) is 3.85. The Morgan fingerprint density at radius 2 is 1.82 bits per heavy atom. The molecule has 1 aromatic rings. The Balaban J connectivity index is 2.76. The summed E-state index contributed by atoms with van der Waals surface area (Å²) in [5.41, 5.74) is 11.0. The number of amides is 2. The second-order valence-corrected chi connectivity index (χ2v) is 4.17. The lowest BCUT2D eigenvalue weighted by molar-refractivity contribution is -0.120. The summed E-state index contributed by atoms with van der Waals surface area (Å²) < 4.78 is 0. The molecule has 0 saturated heterocycles. The standard InChI is InChI=1S/C12H17N3O2/c1-3-12(2,14)11(17)15-9-6-4-8(5-7-9)10(13)16/h4-7H,3,14H2,1-2H3,(H2,13,16)(H,15,17). The van der Waals surface area contributed by atoms with Gasteiger partial charge in [0.05, 0.1) is 5.54 Å². The molecule has 1 rings (SSSR count). The summed E-state index contributed by atoms with van der Waals surface area (Å²) in [6.07, 6.45) is 0.540. The minimum Gasteiger partial charge on any atom is -0.366 e. The zero-order chi connectivity index (χ0) is 13.1. The number of anilines is 1. The predicted octanol–water partition coefficient (Wildman–Crippen LogP) is 0.851. The third-order valence-electron chi connectivity index (χ3n) is 2.68. The van der Waals surface area contributed by atoms with E-state index >= 15 is 0 Å². The first-order valence-electron chi connectivity index (χ1n) is 5.37. The highest BCUT2D eigenvalue weighted by Gasteiger charge is 2.25. The first kappa shape index (κ1) is 13.2. The molecule has 1 aromatic carbocycles. The van der Waals surface area contributed by atoms with Crippen LogP contribution in [0.2, 0.25) is 0 Å². The van der Waals surface area contributed by atoms with Crippen LogP contribution in [0.3, 0.4) is 0 Å². The van der Waals surface area contributed by atoms with Gasteiger partial charge in [-0.2, -0.15) is 0 Å². The number of carbonyl (C=O) groups is 2. The van der Waals surface area contributed by atoms with Crippen LogP contribution in [0.5, 0.6) is 0 Å². The third kappa shape index (κ3) is 3.29. The van der Waals surface area contributed by atoms with Crippen molar-refractivity contribution in [3.05, 3.63) is 29.8 Å². The van der Waals surface area contributed by atoms with Crippen LogP contribution in [0, 0.1) is 0 Å². The third-order valence-corrected chi connectivity index (χ3v) is 2.68. The number of primary amides is 1. The van der Waals surface area contributed by atoms with E-state index in [2.05, 4.69) is 5.32 Å². The monoisotopic (exact) mass is 235 g/mol. The van der Waals surface area contributed by atoms with E-state index < -0.39 is 11.4 Å². The lowest BCUT2D eigenvalue weighted by Gasteiger charge is -2.21. The zero-order valence-electron chi connectivity index (χ0n) is 9.99. The van der Waals surface area contributed by atoms with Gasteiger partial charge >= 0.3 is 0 Å². The molecule has 17 heavy (non-hydrogen) atoms. The molecule has 2 amide bonds. The molecule has 0 fully saturated rings. The van der Waals surface area contributed by atoms with Gasteiger partial charge in [0.25, 0.3) is 0 Å². The summed E-state index contributed by atoms with van der Waals surface area (Å²) in [7, 11) is 0. The number of nitrogens with two attached hydrogens (primary N) is 2. The first-order valence-corrected chi connectivity index (χ1v) is 5.37. The Labute approximate surface area is 100 Å². The minimum atomic E-state index is -0.900. The second kappa shape index (κ2) is 4.97. The van der Waals surface area contributed by atoms with E-state index in [1.807, 2.05) is 6.92 Å². The van der Waals surface area contributed by atoms with Gasteiger partial charge in [0, 0.05) is 11.3 Å². The van der Waals surface area contributed by atoms with Crippen molar-refractivity contribution in [3.8, 4) is 0 Å². The Hall–Kier alpha value is -1.88. The maximum Gasteiger partial charge on any atom is 0.248 e. The van der Waals surface area contributed by atoms with Crippen molar-refractivity contribution in [2.75, 3.05) is 5.32 Å². The number of benzene rings is 1. The number of hydrogen-bond donors (Lipinski definition) is 3. The van der Waals surface area contributed by atoms with Crippen LogP contribution < -0.4 is 16.8 Å². The highest BCUT2D eigenvalue weighted by molar-refractivity contribution is 5.98. The molecule has 0 heterocycles. The highest BCUT2D eigenvalue weighted by atomic mass is 16.2. The van der Waals surface area contributed by atoms with Gasteiger partial charge in [0.2, 0.25) is 11.8 Å². The summed E-state index contributed by atoms with van der Waals surface area (Å²) in [5.74, 6) is -0.757. The van der Waals surface area contributed by atoms with E-state index in [1.165, 1.54) is 0 Å². The summed E-state index contributed by atoms with van der Waals surface area (Å²) in [5, 5.41) is 2.68. The van der Waals surface area contributed by atoms with Crippen LogP contribution in [-0.4, -0.2) is 17.4 Å². The summed E-state index contributed by atoms with van der Waals surface area (Å²) in [4.78, 5) is 22.6. The summed E-state index contributed by atoms with van der Waals surface area (Å²) in [6.45, 7) is 3.51. The van der Waals surface area contributed by atoms with Crippen molar-refractivity contribution in [2.24, 2.45) is 11.5 Å². The molecular weight excluding hydrogens is 218 g/mol. The van der Waals surface area contributed by atoms with Crippen molar-refractivity contribution in [2.45, 2.75) is 25.8 Å². The molecule has 92 valence electrons. The smallest absolute Gasteiger partial charge is 0.248 e. The van der Waals surface area contributed by atoms with Gasteiger partial charge in [-0.25, -0.2) is 0 Å². The highest BCUT2D eigenvalue weighted by Crippen LogP contribution is 2.13. The normalized spacial score (nSPS) is 13.8. The molecule has 0 spiro atoms. The molecule has 0 aromatic heterocycles. The fourth-order valence-corrected chi connectivity index (χ4v) is 1.15. The SMILES string of the molecule is CCC(C)(N)C(=O)Nc1ccc(C(N)=O)cc1. The topological polar surface area (TPSA) is 98.2 Å². The van der Waals surface area contributed by atoms with Gasteiger partial charge in [0.15, 0.2) is 0 Å². The van der Waals surface area contributed by atoms with Gasteiger partial charge < -0.3 is 16.8 Å².